The van der Waals surface area contributed by atoms with E-state index in [1.807, 2.05) is 60.5 Å². The molecule has 0 aromatic heterocycles. The number of nitrogens with one attached hydrogen (secondary N) is 1. The Morgan fingerprint density at radius 3 is 2.39 bits per heavy atom. The molecule has 33 heavy (non-hydrogen) atoms. The summed E-state index contributed by atoms with van der Waals surface area (Å²) in [5.74, 6) is 0. The largest absolute Gasteiger partial charge is 0.460 e. The third-order valence-electron chi connectivity index (χ3n) is 5.13. The highest BCUT2D eigenvalue weighted by molar-refractivity contribution is 7.92. The van der Waals surface area contributed by atoms with E-state index < -0.39 is 10.0 Å². The van der Waals surface area contributed by atoms with Crippen molar-refractivity contribution in [3.8, 4) is 0 Å². The number of halogens is 2. The Bertz CT molecular complexity index is 1230. The monoisotopic (exact) mass is 505 g/mol. The zero-order valence-corrected chi connectivity index (χ0v) is 20.6. The van der Waals surface area contributed by atoms with E-state index in [-0.39, 0.29) is 18.4 Å². The van der Waals surface area contributed by atoms with Gasteiger partial charge in [0.05, 0.1) is 6.26 Å². The Hall–Kier alpha value is -2.74. The van der Waals surface area contributed by atoms with Crippen molar-refractivity contribution in [2.75, 3.05) is 18.0 Å². The second-order valence-electron chi connectivity index (χ2n) is 7.78. The fourth-order valence-electron chi connectivity index (χ4n) is 3.62. The van der Waals surface area contributed by atoms with Gasteiger partial charge < -0.3 is 9.64 Å². The minimum Gasteiger partial charge on any atom is -0.460 e. The fraction of sp³-hybridized carbons (Fsp3) is 0.208. The van der Waals surface area contributed by atoms with E-state index in [1.54, 1.807) is 12.1 Å². The maximum Gasteiger partial charge on any atom is 0.288 e. The van der Waals surface area contributed by atoms with Gasteiger partial charge in [-0.25, -0.2) is 13.4 Å². The number of nitrogens with zero attached hydrogens (tertiary/aromatic N) is 2. The fourth-order valence-corrected chi connectivity index (χ4v) is 4.31. The summed E-state index contributed by atoms with van der Waals surface area (Å²) < 4.78 is 31.3. The van der Waals surface area contributed by atoms with E-state index in [0.717, 1.165) is 22.9 Å². The average molecular weight is 506 g/mol. The highest BCUT2D eigenvalue weighted by Gasteiger charge is 2.24. The topological polar surface area (TPSA) is 71.0 Å². The van der Waals surface area contributed by atoms with E-state index in [9.17, 15) is 8.42 Å². The van der Waals surface area contributed by atoms with Gasteiger partial charge in [-0.05, 0) is 46.5 Å². The van der Waals surface area contributed by atoms with E-state index in [4.69, 9.17) is 21.3 Å². The van der Waals surface area contributed by atoms with Crippen LogP contribution < -0.4 is 4.72 Å². The first-order chi connectivity index (χ1) is 15.3. The summed E-state index contributed by atoms with van der Waals surface area (Å²) in [7, 11) is -1.35. The zero-order valence-electron chi connectivity index (χ0n) is 18.2. The first-order valence-corrected chi connectivity index (χ1v) is 12.4. The summed E-state index contributed by atoms with van der Waals surface area (Å²) in [6.07, 6.45) is 1.12. The maximum absolute atomic E-state index is 11.4. The lowest BCUT2D eigenvalue weighted by atomic mass is 9.95. The van der Waals surface area contributed by atoms with Gasteiger partial charge in [-0.2, -0.15) is 0 Å². The molecule has 3 aromatic rings. The summed E-state index contributed by atoms with van der Waals surface area (Å²) >= 11 is 6.09. The van der Waals surface area contributed by atoms with Gasteiger partial charge in [-0.3, -0.25) is 4.72 Å². The SMILES string of the molecule is CN1Cc2ccccc2[C@@H](c2ccc(Cl)cc2)N=C1OCc1ccc(NS(C)(=O)=O)cc1.Cl. The van der Waals surface area contributed by atoms with Crippen LogP contribution in [-0.2, 0) is 27.9 Å². The predicted molar refractivity (Wildman–Crippen MR) is 136 cm³/mol. The second-order valence-corrected chi connectivity index (χ2v) is 9.97. The molecule has 9 heteroatoms. The Kier molecular flexibility index (Phi) is 7.89. The van der Waals surface area contributed by atoms with Crippen LogP contribution in [0.1, 0.15) is 28.3 Å². The number of ether oxygens (including phenoxy) is 1. The van der Waals surface area contributed by atoms with Gasteiger partial charge in [0.15, 0.2) is 0 Å². The number of hydrogen-bond donors (Lipinski definition) is 1. The molecule has 0 amide bonds. The van der Waals surface area contributed by atoms with Crippen molar-refractivity contribution in [2.45, 2.75) is 19.2 Å². The normalized spacial score (nSPS) is 15.5. The molecule has 1 N–H and O–H groups in total. The number of sulfonamides is 1. The first-order valence-electron chi connectivity index (χ1n) is 10.1. The molecule has 4 rings (SSSR count). The van der Waals surface area contributed by atoms with Crippen LogP contribution in [0.4, 0.5) is 5.69 Å². The van der Waals surface area contributed by atoms with Crippen LogP contribution in [0.2, 0.25) is 5.02 Å². The van der Waals surface area contributed by atoms with Gasteiger partial charge in [-0.15, -0.1) is 12.4 Å². The summed E-state index contributed by atoms with van der Waals surface area (Å²) in [6.45, 7) is 0.988. The van der Waals surface area contributed by atoms with Gasteiger partial charge in [0.1, 0.15) is 12.6 Å². The van der Waals surface area contributed by atoms with Crippen molar-refractivity contribution in [1.29, 1.82) is 0 Å². The van der Waals surface area contributed by atoms with E-state index >= 15 is 0 Å². The van der Waals surface area contributed by atoms with E-state index in [1.165, 1.54) is 5.56 Å². The van der Waals surface area contributed by atoms with Crippen molar-refractivity contribution >= 4 is 45.7 Å². The van der Waals surface area contributed by atoms with Gasteiger partial charge in [0, 0.05) is 24.3 Å². The number of aliphatic imine (C=N–C) groups is 1. The molecule has 0 radical (unpaired) electrons. The Morgan fingerprint density at radius 1 is 1.06 bits per heavy atom. The van der Waals surface area contributed by atoms with Crippen molar-refractivity contribution < 1.29 is 13.2 Å². The quantitative estimate of drug-likeness (QED) is 0.514. The molecule has 0 aliphatic carbocycles. The zero-order chi connectivity index (χ0) is 22.7. The van der Waals surface area contributed by atoms with Crippen LogP contribution in [0.5, 0.6) is 0 Å². The highest BCUT2D eigenvalue weighted by Crippen LogP contribution is 2.33. The maximum atomic E-state index is 11.4. The lowest BCUT2D eigenvalue weighted by Gasteiger charge is -2.20. The highest BCUT2D eigenvalue weighted by atomic mass is 35.5. The smallest absolute Gasteiger partial charge is 0.288 e. The molecule has 0 bridgehead atoms. The molecule has 0 fully saturated rings. The molecular weight excluding hydrogens is 481 g/mol. The van der Waals surface area contributed by atoms with Gasteiger partial charge in [0.2, 0.25) is 10.0 Å². The minimum absolute atomic E-state index is 0. The molecule has 1 aliphatic heterocycles. The van der Waals surface area contributed by atoms with Crippen LogP contribution >= 0.6 is 24.0 Å². The Balaban J connectivity index is 0.00000306. The molecular formula is C24H25Cl2N3O3S. The third-order valence-corrected chi connectivity index (χ3v) is 5.99. The van der Waals surface area contributed by atoms with Crippen molar-refractivity contribution in [3.63, 3.8) is 0 Å². The molecule has 1 heterocycles. The van der Waals surface area contributed by atoms with Crippen LogP contribution in [0.15, 0.2) is 77.8 Å². The van der Waals surface area contributed by atoms with Gasteiger partial charge in [-0.1, -0.05) is 60.1 Å². The predicted octanol–water partition coefficient (Wildman–Crippen LogP) is 5.24. The lowest BCUT2D eigenvalue weighted by molar-refractivity contribution is 0.231. The Morgan fingerprint density at radius 2 is 1.73 bits per heavy atom. The first kappa shape index (κ1) is 24.9. The molecule has 0 saturated heterocycles. The molecule has 3 aromatic carbocycles. The summed E-state index contributed by atoms with van der Waals surface area (Å²) in [5.41, 5.74) is 4.78. The van der Waals surface area contributed by atoms with Crippen LogP contribution in [0.3, 0.4) is 0 Å². The molecule has 1 aliphatic rings. The number of hydrogen-bond acceptors (Lipinski definition) is 5. The average Bonchev–Trinajstić information content (AvgIpc) is 2.89. The van der Waals surface area contributed by atoms with Gasteiger partial charge >= 0.3 is 0 Å². The molecule has 0 unspecified atom stereocenters. The molecule has 0 spiro atoms. The minimum atomic E-state index is -3.31. The third kappa shape index (κ3) is 6.41. The Labute approximate surface area is 205 Å². The van der Waals surface area contributed by atoms with Crippen LogP contribution in [0.25, 0.3) is 0 Å². The van der Waals surface area contributed by atoms with E-state index in [2.05, 4.69) is 16.9 Å². The van der Waals surface area contributed by atoms with Crippen LogP contribution in [0, 0.1) is 0 Å². The van der Waals surface area contributed by atoms with Crippen LogP contribution in [-0.4, -0.2) is 32.6 Å². The van der Waals surface area contributed by atoms with Crippen molar-refractivity contribution in [2.24, 2.45) is 4.99 Å². The molecule has 1 atom stereocenters. The molecule has 174 valence electrons. The summed E-state index contributed by atoms with van der Waals surface area (Å²) in [6, 6.07) is 23.4. The standard InChI is InChI=1S/C24H24ClN3O3S.ClH/c1-28-15-19-5-3-4-6-22(19)23(18-9-11-20(25)12-10-18)26-24(28)31-16-17-7-13-21(14-8-17)27-32(2,29)30;/h3-14,23,27H,15-16H2,1-2H3;1H/t23-;/m1./s1. The number of anilines is 1. The number of benzene rings is 3. The summed E-state index contributed by atoms with van der Waals surface area (Å²) in [5, 5.41) is 0.682. The van der Waals surface area contributed by atoms with Crippen molar-refractivity contribution in [3.05, 3.63) is 100 Å². The van der Waals surface area contributed by atoms with Crippen molar-refractivity contribution in [1.82, 2.24) is 4.90 Å². The number of fused-ring (bicyclic) bond motifs is 1. The number of rotatable bonds is 5. The molecule has 6 nitrogen and oxygen atoms in total. The summed E-state index contributed by atoms with van der Waals surface area (Å²) in [4.78, 5) is 6.96. The second kappa shape index (κ2) is 10.5. The number of amidine groups is 1. The molecule has 0 saturated carbocycles. The lowest BCUT2D eigenvalue weighted by Crippen LogP contribution is -2.27. The van der Waals surface area contributed by atoms with E-state index in [0.29, 0.717) is 29.9 Å². The van der Waals surface area contributed by atoms with Gasteiger partial charge in [0.25, 0.3) is 6.02 Å².